The fraction of sp³-hybridized carbons (Fsp3) is 0.0667. The Morgan fingerprint density at radius 2 is 2.14 bits per heavy atom. The number of hydrogen-bond donors (Lipinski definition) is 2. The SMILES string of the molecule is Cc1ccc(Cl)cc1Nc1nc2ccccn2c1C(=O)O. The smallest absolute Gasteiger partial charge is 0.356 e. The Labute approximate surface area is 125 Å². The van der Waals surface area contributed by atoms with E-state index in [4.69, 9.17) is 11.6 Å². The molecule has 0 saturated carbocycles. The summed E-state index contributed by atoms with van der Waals surface area (Å²) in [5.41, 5.74) is 2.34. The van der Waals surface area contributed by atoms with E-state index >= 15 is 0 Å². The molecular weight excluding hydrogens is 290 g/mol. The van der Waals surface area contributed by atoms with Crippen molar-refractivity contribution < 1.29 is 9.90 Å². The molecule has 6 heteroatoms. The second-order valence-corrected chi connectivity index (χ2v) is 5.06. The first-order valence-corrected chi connectivity index (χ1v) is 6.67. The average Bonchev–Trinajstić information content (AvgIpc) is 2.80. The lowest BCUT2D eigenvalue weighted by Gasteiger charge is -2.08. The van der Waals surface area contributed by atoms with Gasteiger partial charge in [0.15, 0.2) is 11.5 Å². The summed E-state index contributed by atoms with van der Waals surface area (Å²) >= 11 is 5.98. The Hall–Kier alpha value is -2.53. The molecule has 5 nitrogen and oxygen atoms in total. The zero-order chi connectivity index (χ0) is 15.0. The summed E-state index contributed by atoms with van der Waals surface area (Å²) in [4.78, 5) is 15.8. The standard InChI is InChI=1S/C15H12ClN3O2/c1-9-5-6-10(16)8-11(9)17-14-13(15(20)21)19-7-3-2-4-12(19)18-14/h2-8,17H,1H3,(H,20,21). The van der Waals surface area contributed by atoms with Gasteiger partial charge >= 0.3 is 5.97 Å². The van der Waals surface area contributed by atoms with Crippen LogP contribution in [0.15, 0.2) is 42.6 Å². The summed E-state index contributed by atoms with van der Waals surface area (Å²) in [7, 11) is 0. The molecule has 0 amide bonds. The molecule has 21 heavy (non-hydrogen) atoms. The normalized spacial score (nSPS) is 10.8. The third-order valence-electron chi connectivity index (χ3n) is 3.19. The zero-order valence-corrected chi connectivity index (χ0v) is 11.9. The number of fused-ring (bicyclic) bond motifs is 1. The van der Waals surface area contributed by atoms with E-state index in [1.165, 1.54) is 4.40 Å². The van der Waals surface area contributed by atoms with Gasteiger partial charge in [-0.05, 0) is 36.8 Å². The second-order valence-electron chi connectivity index (χ2n) is 4.63. The first kappa shape index (κ1) is 13.5. The quantitative estimate of drug-likeness (QED) is 0.773. The molecule has 106 valence electrons. The van der Waals surface area contributed by atoms with Gasteiger partial charge < -0.3 is 10.4 Å². The summed E-state index contributed by atoms with van der Waals surface area (Å²) in [6.07, 6.45) is 1.67. The van der Waals surface area contributed by atoms with E-state index in [0.29, 0.717) is 16.5 Å². The van der Waals surface area contributed by atoms with Crippen LogP contribution in [0.3, 0.4) is 0 Å². The Kier molecular flexibility index (Phi) is 3.27. The fourth-order valence-electron chi connectivity index (χ4n) is 2.14. The van der Waals surface area contributed by atoms with E-state index in [-0.39, 0.29) is 5.69 Å². The van der Waals surface area contributed by atoms with E-state index in [1.54, 1.807) is 30.5 Å². The molecule has 0 aliphatic rings. The number of anilines is 2. The minimum Gasteiger partial charge on any atom is -0.476 e. The Bertz CT molecular complexity index is 842. The van der Waals surface area contributed by atoms with Crippen LogP contribution < -0.4 is 5.32 Å². The van der Waals surface area contributed by atoms with Crippen molar-refractivity contribution in [3.8, 4) is 0 Å². The molecule has 0 bridgehead atoms. The third-order valence-corrected chi connectivity index (χ3v) is 3.42. The van der Waals surface area contributed by atoms with Crippen LogP contribution >= 0.6 is 11.6 Å². The highest BCUT2D eigenvalue weighted by Gasteiger charge is 2.18. The Morgan fingerprint density at radius 3 is 2.90 bits per heavy atom. The predicted molar refractivity (Wildman–Crippen MR) is 81.6 cm³/mol. The van der Waals surface area contributed by atoms with E-state index in [9.17, 15) is 9.90 Å². The Balaban J connectivity index is 2.14. The van der Waals surface area contributed by atoms with Gasteiger partial charge in [-0.2, -0.15) is 0 Å². The number of imidazole rings is 1. The number of aromatic carboxylic acids is 1. The highest BCUT2D eigenvalue weighted by molar-refractivity contribution is 6.30. The first-order valence-electron chi connectivity index (χ1n) is 6.30. The number of halogens is 1. The van der Waals surface area contributed by atoms with Crippen molar-refractivity contribution in [1.29, 1.82) is 0 Å². The lowest BCUT2D eigenvalue weighted by molar-refractivity contribution is 0.0690. The lowest BCUT2D eigenvalue weighted by atomic mass is 10.2. The molecule has 2 heterocycles. The topological polar surface area (TPSA) is 66.6 Å². The van der Waals surface area contributed by atoms with Gasteiger partial charge in [0.25, 0.3) is 0 Å². The number of carboxylic acid groups (broad SMARTS) is 1. The number of rotatable bonds is 3. The first-order chi connectivity index (χ1) is 10.1. The van der Waals surface area contributed by atoms with Gasteiger partial charge in [-0.25, -0.2) is 9.78 Å². The molecule has 0 aliphatic heterocycles. The van der Waals surface area contributed by atoms with Crippen LogP contribution in [0.2, 0.25) is 5.02 Å². The molecule has 3 aromatic rings. The van der Waals surface area contributed by atoms with E-state index in [2.05, 4.69) is 10.3 Å². The van der Waals surface area contributed by atoms with E-state index < -0.39 is 5.97 Å². The average molecular weight is 302 g/mol. The molecule has 0 aliphatic carbocycles. The van der Waals surface area contributed by atoms with Crippen molar-refractivity contribution >= 4 is 34.7 Å². The summed E-state index contributed by atoms with van der Waals surface area (Å²) in [6, 6.07) is 10.7. The van der Waals surface area contributed by atoms with Crippen LogP contribution in [0.5, 0.6) is 0 Å². The molecular formula is C15H12ClN3O2. The van der Waals surface area contributed by atoms with Crippen LogP contribution in [0.1, 0.15) is 16.1 Å². The monoisotopic (exact) mass is 301 g/mol. The van der Waals surface area contributed by atoms with Crippen molar-refractivity contribution in [2.75, 3.05) is 5.32 Å². The molecule has 3 rings (SSSR count). The number of carbonyl (C=O) groups is 1. The van der Waals surface area contributed by atoms with Crippen molar-refractivity contribution in [3.63, 3.8) is 0 Å². The van der Waals surface area contributed by atoms with Gasteiger partial charge in [0.05, 0.1) is 0 Å². The van der Waals surface area contributed by atoms with E-state index in [1.807, 2.05) is 19.1 Å². The van der Waals surface area contributed by atoms with Gasteiger partial charge in [0, 0.05) is 16.9 Å². The Morgan fingerprint density at radius 1 is 1.33 bits per heavy atom. The molecule has 1 aromatic carbocycles. The van der Waals surface area contributed by atoms with Crippen molar-refractivity contribution in [3.05, 3.63) is 58.9 Å². The van der Waals surface area contributed by atoms with Crippen LogP contribution in [0, 0.1) is 6.92 Å². The number of benzene rings is 1. The third kappa shape index (κ3) is 2.43. The zero-order valence-electron chi connectivity index (χ0n) is 11.2. The largest absolute Gasteiger partial charge is 0.476 e. The van der Waals surface area contributed by atoms with Gasteiger partial charge in [-0.1, -0.05) is 23.7 Å². The van der Waals surface area contributed by atoms with Crippen molar-refractivity contribution in [2.24, 2.45) is 0 Å². The predicted octanol–water partition coefficient (Wildman–Crippen LogP) is 3.74. The van der Waals surface area contributed by atoms with Gasteiger partial charge in [-0.3, -0.25) is 4.40 Å². The number of nitrogens with one attached hydrogen (secondary N) is 1. The number of pyridine rings is 1. The summed E-state index contributed by atoms with van der Waals surface area (Å²) in [6.45, 7) is 1.91. The second kappa shape index (κ2) is 5.10. The molecule has 0 unspecified atom stereocenters. The maximum atomic E-state index is 11.5. The fourth-order valence-corrected chi connectivity index (χ4v) is 2.32. The van der Waals surface area contributed by atoms with Crippen LogP contribution in [-0.2, 0) is 0 Å². The number of nitrogens with zero attached hydrogens (tertiary/aromatic N) is 2. The highest BCUT2D eigenvalue weighted by atomic mass is 35.5. The number of aromatic nitrogens is 2. The molecule has 2 N–H and O–H groups in total. The van der Waals surface area contributed by atoms with Gasteiger partial charge in [0.2, 0.25) is 0 Å². The van der Waals surface area contributed by atoms with E-state index in [0.717, 1.165) is 11.3 Å². The number of aryl methyl sites for hydroxylation is 1. The summed E-state index contributed by atoms with van der Waals surface area (Å²) < 4.78 is 1.53. The summed E-state index contributed by atoms with van der Waals surface area (Å²) in [5.74, 6) is -0.755. The van der Waals surface area contributed by atoms with Crippen molar-refractivity contribution in [1.82, 2.24) is 9.38 Å². The number of carboxylic acids is 1. The van der Waals surface area contributed by atoms with Gasteiger partial charge in [-0.15, -0.1) is 0 Å². The number of hydrogen-bond acceptors (Lipinski definition) is 3. The molecule has 2 aromatic heterocycles. The highest BCUT2D eigenvalue weighted by Crippen LogP contribution is 2.26. The summed E-state index contributed by atoms with van der Waals surface area (Å²) in [5, 5.41) is 13.1. The molecule has 0 atom stereocenters. The van der Waals surface area contributed by atoms with Crippen molar-refractivity contribution in [2.45, 2.75) is 6.92 Å². The maximum absolute atomic E-state index is 11.5. The van der Waals surface area contributed by atoms with Crippen LogP contribution in [0.4, 0.5) is 11.5 Å². The minimum absolute atomic E-state index is 0.0879. The van der Waals surface area contributed by atoms with Crippen LogP contribution in [-0.4, -0.2) is 20.5 Å². The lowest BCUT2D eigenvalue weighted by Crippen LogP contribution is -2.05. The molecule has 0 spiro atoms. The minimum atomic E-state index is -1.05. The maximum Gasteiger partial charge on any atom is 0.356 e. The van der Waals surface area contributed by atoms with Crippen LogP contribution in [0.25, 0.3) is 5.65 Å². The molecule has 0 radical (unpaired) electrons. The van der Waals surface area contributed by atoms with Gasteiger partial charge in [0.1, 0.15) is 5.65 Å². The molecule has 0 fully saturated rings. The molecule has 0 saturated heterocycles.